The van der Waals surface area contributed by atoms with E-state index in [-0.39, 0.29) is 0 Å². The van der Waals surface area contributed by atoms with Gasteiger partial charge in [0, 0.05) is 12.6 Å². The molecule has 1 atom stereocenters. The molecular formula is C15H27N3O2S. The highest BCUT2D eigenvalue weighted by Crippen LogP contribution is 2.11. The maximum atomic E-state index is 11.8. The van der Waals surface area contributed by atoms with Crippen molar-refractivity contribution in [2.45, 2.75) is 37.2 Å². The molecule has 0 saturated heterocycles. The molecule has 0 fully saturated rings. The smallest absolute Gasteiger partial charge is 0.240 e. The molecule has 0 saturated carbocycles. The zero-order chi connectivity index (χ0) is 15.9. The largest absolute Gasteiger partial charge is 0.310 e. The van der Waals surface area contributed by atoms with Crippen molar-refractivity contribution in [3.8, 4) is 0 Å². The van der Waals surface area contributed by atoms with Gasteiger partial charge in [0.15, 0.2) is 0 Å². The Hall–Kier alpha value is -0.950. The van der Waals surface area contributed by atoms with Gasteiger partial charge in [0.1, 0.15) is 0 Å². The number of nitrogens with zero attached hydrogens (tertiary/aromatic N) is 1. The summed E-state index contributed by atoms with van der Waals surface area (Å²) in [4.78, 5) is 2.49. The summed E-state index contributed by atoms with van der Waals surface area (Å²) in [6.07, 6.45) is 2.25. The molecule has 5 nitrogen and oxygen atoms in total. The first-order valence-corrected chi connectivity index (χ1v) is 8.74. The predicted octanol–water partition coefficient (Wildman–Crippen LogP) is 1.41. The van der Waals surface area contributed by atoms with Crippen LogP contribution in [0.5, 0.6) is 0 Å². The predicted molar refractivity (Wildman–Crippen MR) is 86.8 cm³/mol. The molecule has 0 amide bonds. The van der Waals surface area contributed by atoms with Gasteiger partial charge in [-0.3, -0.25) is 0 Å². The molecule has 0 spiro atoms. The molecule has 1 aromatic carbocycles. The molecule has 0 aliphatic carbocycles. The molecule has 0 heterocycles. The van der Waals surface area contributed by atoms with Crippen LogP contribution in [0.3, 0.4) is 0 Å². The molecule has 0 aliphatic heterocycles. The molecule has 21 heavy (non-hydrogen) atoms. The van der Waals surface area contributed by atoms with Crippen LogP contribution < -0.4 is 10.0 Å². The summed E-state index contributed by atoms with van der Waals surface area (Å²) in [6, 6.07) is 7.45. The normalized spacial score (nSPS) is 13.6. The van der Waals surface area contributed by atoms with Crippen molar-refractivity contribution in [1.82, 2.24) is 14.9 Å². The van der Waals surface area contributed by atoms with Crippen molar-refractivity contribution in [3.05, 3.63) is 29.8 Å². The monoisotopic (exact) mass is 313 g/mol. The summed E-state index contributed by atoms with van der Waals surface area (Å²) in [5.74, 6) is 0. The Morgan fingerprint density at radius 1 is 1.29 bits per heavy atom. The van der Waals surface area contributed by atoms with E-state index >= 15 is 0 Å². The zero-order valence-corrected chi connectivity index (χ0v) is 14.2. The highest BCUT2D eigenvalue weighted by atomic mass is 32.2. The van der Waals surface area contributed by atoms with Gasteiger partial charge in [0.25, 0.3) is 0 Å². The van der Waals surface area contributed by atoms with Gasteiger partial charge in [0.2, 0.25) is 10.0 Å². The van der Waals surface area contributed by atoms with E-state index in [1.165, 1.54) is 7.05 Å². The van der Waals surface area contributed by atoms with Crippen LogP contribution in [-0.4, -0.2) is 47.0 Å². The van der Waals surface area contributed by atoms with Gasteiger partial charge in [-0.05, 0) is 65.1 Å². The Morgan fingerprint density at radius 2 is 2.00 bits per heavy atom. The molecular weight excluding hydrogens is 286 g/mol. The first-order valence-electron chi connectivity index (χ1n) is 7.25. The maximum Gasteiger partial charge on any atom is 0.240 e. The van der Waals surface area contributed by atoms with Crippen molar-refractivity contribution in [2.75, 3.05) is 27.7 Å². The number of sulfonamides is 1. The second-order valence-corrected chi connectivity index (χ2v) is 7.47. The van der Waals surface area contributed by atoms with Crippen molar-refractivity contribution in [2.24, 2.45) is 0 Å². The first kappa shape index (κ1) is 18.1. The molecule has 6 heteroatoms. The van der Waals surface area contributed by atoms with Crippen LogP contribution in [0, 0.1) is 0 Å². The van der Waals surface area contributed by atoms with Crippen molar-refractivity contribution < 1.29 is 8.42 Å². The summed E-state index contributed by atoms with van der Waals surface area (Å²) < 4.78 is 25.9. The SMILES string of the molecule is CNS(=O)(=O)c1cccc(CN[C@@H](C)CCCN(C)C)c1. The van der Waals surface area contributed by atoms with E-state index in [1.807, 2.05) is 6.07 Å². The Labute approximate surface area is 128 Å². The molecule has 2 N–H and O–H groups in total. The molecule has 120 valence electrons. The molecule has 0 bridgehead atoms. The van der Waals surface area contributed by atoms with Gasteiger partial charge in [-0.2, -0.15) is 0 Å². The summed E-state index contributed by atoms with van der Waals surface area (Å²) in [6.45, 7) is 3.92. The van der Waals surface area contributed by atoms with Gasteiger partial charge in [0.05, 0.1) is 4.90 Å². The number of rotatable bonds is 9. The van der Waals surface area contributed by atoms with Gasteiger partial charge in [-0.15, -0.1) is 0 Å². The topological polar surface area (TPSA) is 61.4 Å². The average molecular weight is 313 g/mol. The molecule has 0 radical (unpaired) electrons. The van der Waals surface area contributed by atoms with E-state index in [0.717, 1.165) is 24.9 Å². The summed E-state index contributed by atoms with van der Waals surface area (Å²) in [5, 5.41) is 3.44. The van der Waals surface area contributed by atoms with E-state index in [4.69, 9.17) is 0 Å². The van der Waals surface area contributed by atoms with E-state index in [2.05, 4.69) is 36.0 Å². The van der Waals surface area contributed by atoms with E-state index in [0.29, 0.717) is 17.5 Å². The van der Waals surface area contributed by atoms with Crippen LogP contribution in [-0.2, 0) is 16.6 Å². The van der Waals surface area contributed by atoms with Gasteiger partial charge < -0.3 is 10.2 Å². The van der Waals surface area contributed by atoms with Crippen LogP contribution >= 0.6 is 0 Å². The number of nitrogens with one attached hydrogen (secondary N) is 2. The summed E-state index contributed by atoms with van der Waals surface area (Å²) in [5.41, 5.74) is 0.978. The lowest BCUT2D eigenvalue weighted by atomic mass is 10.1. The number of hydrogen-bond donors (Lipinski definition) is 2. The van der Waals surface area contributed by atoms with Crippen LogP contribution in [0.4, 0.5) is 0 Å². The van der Waals surface area contributed by atoms with Gasteiger partial charge in [-0.1, -0.05) is 12.1 Å². The third kappa shape index (κ3) is 6.56. The van der Waals surface area contributed by atoms with E-state index in [9.17, 15) is 8.42 Å². The Kier molecular flexibility index (Phi) is 7.31. The second-order valence-electron chi connectivity index (χ2n) is 5.58. The molecule has 0 aromatic heterocycles. The third-order valence-electron chi connectivity index (χ3n) is 3.37. The number of benzene rings is 1. The lowest BCUT2D eigenvalue weighted by molar-refractivity contribution is 0.375. The van der Waals surface area contributed by atoms with Crippen LogP contribution in [0.1, 0.15) is 25.3 Å². The number of hydrogen-bond acceptors (Lipinski definition) is 4. The minimum absolute atomic E-state index is 0.310. The fourth-order valence-electron chi connectivity index (χ4n) is 2.05. The Balaban J connectivity index is 2.51. The van der Waals surface area contributed by atoms with Crippen LogP contribution in [0.25, 0.3) is 0 Å². The maximum absolute atomic E-state index is 11.8. The fraction of sp³-hybridized carbons (Fsp3) is 0.600. The molecule has 1 rings (SSSR count). The second kappa shape index (κ2) is 8.48. The first-order chi connectivity index (χ1) is 9.85. The van der Waals surface area contributed by atoms with Crippen LogP contribution in [0.2, 0.25) is 0 Å². The van der Waals surface area contributed by atoms with E-state index < -0.39 is 10.0 Å². The highest BCUT2D eigenvalue weighted by molar-refractivity contribution is 7.89. The third-order valence-corrected chi connectivity index (χ3v) is 4.79. The Morgan fingerprint density at radius 3 is 2.62 bits per heavy atom. The van der Waals surface area contributed by atoms with E-state index in [1.54, 1.807) is 18.2 Å². The standard InChI is InChI=1S/C15H27N3O2S/c1-13(7-6-10-18(3)4)17-12-14-8-5-9-15(11-14)21(19,20)16-2/h5,8-9,11,13,16-17H,6-7,10,12H2,1-4H3/t13-/m0/s1. The van der Waals surface area contributed by atoms with Gasteiger partial charge >= 0.3 is 0 Å². The summed E-state index contributed by atoms with van der Waals surface area (Å²) >= 11 is 0. The van der Waals surface area contributed by atoms with Gasteiger partial charge in [-0.25, -0.2) is 13.1 Å². The summed E-state index contributed by atoms with van der Waals surface area (Å²) in [7, 11) is 2.21. The Bertz CT molecular complexity index is 529. The van der Waals surface area contributed by atoms with Crippen molar-refractivity contribution in [3.63, 3.8) is 0 Å². The van der Waals surface area contributed by atoms with Crippen LogP contribution in [0.15, 0.2) is 29.2 Å². The lowest BCUT2D eigenvalue weighted by Crippen LogP contribution is -2.27. The van der Waals surface area contributed by atoms with Crippen molar-refractivity contribution >= 4 is 10.0 Å². The molecule has 0 unspecified atom stereocenters. The minimum atomic E-state index is -3.37. The van der Waals surface area contributed by atoms with Crippen molar-refractivity contribution in [1.29, 1.82) is 0 Å². The lowest BCUT2D eigenvalue weighted by Gasteiger charge is -2.16. The average Bonchev–Trinajstić information content (AvgIpc) is 2.45. The molecule has 0 aliphatic rings. The zero-order valence-electron chi connectivity index (χ0n) is 13.4. The minimum Gasteiger partial charge on any atom is -0.310 e. The highest BCUT2D eigenvalue weighted by Gasteiger charge is 2.11. The molecule has 1 aromatic rings. The quantitative estimate of drug-likeness (QED) is 0.724. The fourth-order valence-corrected chi connectivity index (χ4v) is 2.85.